The summed E-state index contributed by atoms with van der Waals surface area (Å²) in [6.07, 6.45) is 1.84. The first-order valence-corrected chi connectivity index (χ1v) is 9.57. The van der Waals surface area contributed by atoms with Crippen molar-refractivity contribution in [2.75, 3.05) is 4.90 Å². The van der Waals surface area contributed by atoms with Crippen LogP contribution >= 0.6 is 12.2 Å². The van der Waals surface area contributed by atoms with Crippen molar-refractivity contribution < 1.29 is 0 Å². The molecule has 4 rings (SSSR count). The highest BCUT2D eigenvalue weighted by Crippen LogP contribution is 2.42. The van der Waals surface area contributed by atoms with Crippen LogP contribution < -0.4 is 10.2 Å². The van der Waals surface area contributed by atoms with Gasteiger partial charge in [0, 0.05) is 30.3 Å². The van der Waals surface area contributed by atoms with E-state index in [0.29, 0.717) is 0 Å². The van der Waals surface area contributed by atoms with Gasteiger partial charge in [0.05, 0.1) is 11.7 Å². The summed E-state index contributed by atoms with van der Waals surface area (Å²) in [5.41, 5.74) is 7.02. The van der Waals surface area contributed by atoms with Crippen LogP contribution in [-0.2, 0) is 7.05 Å². The fourth-order valence-electron chi connectivity index (χ4n) is 3.95. The van der Waals surface area contributed by atoms with Gasteiger partial charge in [0.2, 0.25) is 0 Å². The number of aryl methyl sites for hydroxylation is 3. The minimum atomic E-state index is -0.00693. The Balaban J connectivity index is 1.88. The van der Waals surface area contributed by atoms with Crippen molar-refractivity contribution in [3.63, 3.8) is 0 Å². The topological polar surface area (TPSA) is 33.1 Å². The molecular weight excluding hydrogens is 352 g/mol. The zero-order valence-electron chi connectivity index (χ0n) is 16.1. The van der Waals surface area contributed by atoms with Gasteiger partial charge in [-0.25, -0.2) is 0 Å². The number of aromatic nitrogens is 2. The summed E-state index contributed by atoms with van der Waals surface area (Å²) >= 11 is 5.79. The van der Waals surface area contributed by atoms with E-state index in [1.54, 1.807) is 0 Å². The predicted molar refractivity (Wildman–Crippen MR) is 114 cm³/mol. The maximum absolute atomic E-state index is 5.79. The summed E-state index contributed by atoms with van der Waals surface area (Å²) in [5.74, 6) is 0. The molecule has 1 aliphatic rings. The normalized spacial score (nSPS) is 19.4. The summed E-state index contributed by atoms with van der Waals surface area (Å²) in [6, 6.07) is 17.0. The van der Waals surface area contributed by atoms with E-state index in [4.69, 9.17) is 12.2 Å². The molecule has 0 saturated carbocycles. The molecule has 0 spiro atoms. The maximum Gasteiger partial charge on any atom is 0.174 e. The lowest BCUT2D eigenvalue weighted by atomic mass is 10.0. The van der Waals surface area contributed by atoms with Crippen molar-refractivity contribution in [2.24, 2.45) is 7.05 Å². The summed E-state index contributed by atoms with van der Waals surface area (Å²) in [6.45, 7) is 6.38. The number of hydrogen-bond acceptors (Lipinski definition) is 2. The lowest BCUT2D eigenvalue weighted by Crippen LogP contribution is -2.30. The number of nitrogens with zero attached hydrogens (tertiary/aromatic N) is 3. The van der Waals surface area contributed by atoms with Gasteiger partial charge in [0.25, 0.3) is 0 Å². The average Bonchev–Trinajstić information content (AvgIpc) is 3.14. The van der Waals surface area contributed by atoms with Crippen LogP contribution in [0.1, 0.15) is 40.3 Å². The number of nitrogens with one attached hydrogen (secondary N) is 1. The Hall–Kier alpha value is -2.66. The van der Waals surface area contributed by atoms with E-state index in [-0.39, 0.29) is 12.1 Å². The molecule has 3 heterocycles. The van der Waals surface area contributed by atoms with Crippen molar-refractivity contribution in [3.8, 4) is 0 Å². The highest BCUT2D eigenvalue weighted by atomic mass is 32.1. The molecule has 1 aliphatic heterocycles. The van der Waals surface area contributed by atoms with Gasteiger partial charge in [-0.15, -0.1) is 0 Å². The molecule has 0 unspecified atom stereocenters. The molecule has 0 aliphatic carbocycles. The van der Waals surface area contributed by atoms with Crippen molar-refractivity contribution in [2.45, 2.75) is 32.9 Å². The first-order valence-electron chi connectivity index (χ1n) is 9.17. The minimum Gasteiger partial charge on any atom is -0.351 e. The van der Waals surface area contributed by atoms with Gasteiger partial charge in [-0.05, 0) is 80.5 Å². The van der Waals surface area contributed by atoms with E-state index in [2.05, 4.69) is 84.0 Å². The molecule has 2 aromatic heterocycles. The minimum absolute atomic E-state index is 0.00693. The van der Waals surface area contributed by atoms with E-state index >= 15 is 0 Å². The SMILES string of the molecule is Cc1cc(C)cc(N2C(=S)N[C@H](c3ccccn3)[C@@H]2c2ccc(C)n2C)c1. The van der Waals surface area contributed by atoms with Crippen LogP contribution in [0.4, 0.5) is 5.69 Å². The molecule has 5 heteroatoms. The number of hydrogen-bond donors (Lipinski definition) is 1. The predicted octanol–water partition coefficient (Wildman–Crippen LogP) is 4.52. The second-order valence-electron chi connectivity index (χ2n) is 7.30. The lowest BCUT2D eigenvalue weighted by molar-refractivity contribution is 0.539. The van der Waals surface area contributed by atoms with Gasteiger partial charge in [-0.1, -0.05) is 12.1 Å². The number of benzene rings is 1. The van der Waals surface area contributed by atoms with Gasteiger partial charge in [-0.2, -0.15) is 0 Å². The molecule has 1 fully saturated rings. The van der Waals surface area contributed by atoms with Gasteiger partial charge in [-0.3, -0.25) is 4.98 Å². The fourth-order valence-corrected chi connectivity index (χ4v) is 4.30. The van der Waals surface area contributed by atoms with Crippen LogP contribution in [0.5, 0.6) is 0 Å². The van der Waals surface area contributed by atoms with Crippen LogP contribution in [0.25, 0.3) is 0 Å². The fraction of sp³-hybridized carbons (Fsp3) is 0.273. The molecule has 1 N–H and O–H groups in total. The third kappa shape index (κ3) is 3.12. The zero-order valence-corrected chi connectivity index (χ0v) is 16.9. The van der Waals surface area contributed by atoms with E-state index < -0.39 is 0 Å². The summed E-state index contributed by atoms with van der Waals surface area (Å²) in [7, 11) is 2.11. The molecule has 4 nitrogen and oxygen atoms in total. The first kappa shape index (κ1) is 17.7. The van der Waals surface area contributed by atoms with E-state index in [1.807, 2.05) is 18.3 Å². The third-order valence-electron chi connectivity index (χ3n) is 5.30. The van der Waals surface area contributed by atoms with Gasteiger partial charge in [0.15, 0.2) is 5.11 Å². The molecule has 27 heavy (non-hydrogen) atoms. The zero-order chi connectivity index (χ0) is 19.1. The standard InChI is InChI=1S/C22H24N4S/c1-14-11-15(2)13-17(12-14)26-21(19-9-8-16(3)25(19)4)20(24-22(26)27)18-7-5-6-10-23-18/h5-13,20-21H,1-4H3,(H,24,27)/t20-,21+/m1/s1. The second-order valence-corrected chi connectivity index (χ2v) is 7.69. The Morgan fingerprint density at radius 1 is 1.00 bits per heavy atom. The number of pyridine rings is 1. The monoisotopic (exact) mass is 376 g/mol. The number of rotatable bonds is 3. The van der Waals surface area contributed by atoms with Gasteiger partial charge < -0.3 is 14.8 Å². The number of anilines is 1. The molecular formula is C22H24N4S. The highest BCUT2D eigenvalue weighted by Gasteiger charge is 2.42. The molecule has 2 atom stereocenters. The summed E-state index contributed by atoms with van der Waals surface area (Å²) in [5, 5.41) is 4.26. The van der Waals surface area contributed by atoms with Crippen LogP contribution in [0, 0.1) is 20.8 Å². The van der Waals surface area contributed by atoms with Crippen molar-refractivity contribution >= 4 is 23.0 Å². The third-order valence-corrected chi connectivity index (χ3v) is 5.61. The smallest absolute Gasteiger partial charge is 0.174 e. The average molecular weight is 377 g/mol. The number of thiocarbonyl (C=S) groups is 1. The largest absolute Gasteiger partial charge is 0.351 e. The molecule has 3 aromatic rings. The quantitative estimate of drug-likeness (QED) is 0.681. The first-order chi connectivity index (χ1) is 13.0. The Labute approximate surface area is 165 Å². The molecule has 0 amide bonds. The molecule has 0 radical (unpaired) electrons. The van der Waals surface area contributed by atoms with Crippen molar-refractivity contribution in [3.05, 3.63) is 82.9 Å². The molecule has 1 aromatic carbocycles. The Bertz CT molecular complexity index is 973. The van der Waals surface area contributed by atoms with Gasteiger partial charge in [0.1, 0.15) is 6.04 Å². The van der Waals surface area contributed by atoms with Crippen molar-refractivity contribution in [1.82, 2.24) is 14.9 Å². The Morgan fingerprint density at radius 3 is 2.33 bits per heavy atom. The van der Waals surface area contributed by atoms with Crippen LogP contribution in [0.15, 0.2) is 54.7 Å². The Morgan fingerprint density at radius 2 is 1.74 bits per heavy atom. The maximum atomic E-state index is 5.79. The van der Waals surface area contributed by atoms with Crippen LogP contribution in [-0.4, -0.2) is 14.7 Å². The van der Waals surface area contributed by atoms with Crippen LogP contribution in [0.3, 0.4) is 0 Å². The summed E-state index contributed by atoms with van der Waals surface area (Å²) < 4.78 is 2.24. The van der Waals surface area contributed by atoms with Crippen LogP contribution in [0.2, 0.25) is 0 Å². The molecule has 0 bridgehead atoms. The van der Waals surface area contributed by atoms with E-state index in [1.165, 1.54) is 22.5 Å². The van der Waals surface area contributed by atoms with E-state index in [9.17, 15) is 0 Å². The molecule has 138 valence electrons. The van der Waals surface area contributed by atoms with Crippen molar-refractivity contribution in [1.29, 1.82) is 0 Å². The highest BCUT2D eigenvalue weighted by molar-refractivity contribution is 7.80. The summed E-state index contributed by atoms with van der Waals surface area (Å²) in [4.78, 5) is 6.85. The Kier molecular flexibility index (Phi) is 4.48. The molecule has 1 saturated heterocycles. The van der Waals surface area contributed by atoms with E-state index in [0.717, 1.165) is 16.5 Å². The van der Waals surface area contributed by atoms with Gasteiger partial charge >= 0.3 is 0 Å². The lowest BCUT2D eigenvalue weighted by Gasteiger charge is -2.29. The second kappa shape index (κ2) is 6.82.